The first-order valence-electron chi connectivity index (χ1n) is 8.81. The van der Waals surface area contributed by atoms with E-state index in [1.165, 1.54) is 31.2 Å². The lowest BCUT2D eigenvalue weighted by molar-refractivity contribution is -0.703. The Morgan fingerprint density at radius 1 is 1.23 bits per heavy atom. The molecule has 0 amide bonds. The molecule has 0 heterocycles. The van der Waals surface area contributed by atoms with Gasteiger partial charge in [0.25, 0.3) is 0 Å². The smallest absolute Gasteiger partial charge is 0.137 e. The average Bonchev–Trinajstić information content (AvgIpc) is 2.52. The van der Waals surface area contributed by atoms with Crippen molar-refractivity contribution < 1.29 is 15.2 Å². The lowest BCUT2D eigenvalue weighted by Gasteiger charge is -2.27. The van der Waals surface area contributed by atoms with E-state index in [-0.39, 0.29) is 0 Å². The predicted molar refractivity (Wildman–Crippen MR) is 90.2 cm³/mol. The third-order valence-corrected chi connectivity index (χ3v) is 4.86. The number of benzene rings is 1. The molecule has 0 spiro atoms. The van der Waals surface area contributed by atoms with Crippen LogP contribution in [0.2, 0.25) is 0 Å². The normalized spacial score (nSPS) is 23.5. The minimum atomic E-state index is -0.408. The lowest BCUT2D eigenvalue weighted by Crippen LogP contribution is -2.93. The molecule has 1 aliphatic rings. The molecule has 3 nitrogen and oxygen atoms in total. The van der Waals surface area contributed by atoms with Crippen LogP contribution < -0.4 is 10.1 Å². The van der Waals surface area contributed by atoms with Crippen molar-refractivity contribution in [2.24, 2.45) is 5.92 Å². The zero-order valence-corrected chi connectivity index (χ0v) is 14.3. The van der Waals surface area contributed by atoms with Crippen molar-refractivity contribution in [3.8, 4) is 5.75 Å². The van der Waals surface area contributed by atoms with Crippen molar-refractivity contribution in [3.63, 3.8) is 0 Å². The monoisotopic (exact) mass is 306 g/mol. The molecule has 0 saturated heterocycles. The number of hydrogen-bond donors (Lipinski definition) is 2. The molecule has 0 aliphatic heterocycles. The number of aliphatic hydroxyl groups excluding tert-OH is 1. The molecule has 0 bridgehead atoms. The predicted octanol–water partition coefficient (Wildman–Crippen LogP) is 2.69. The maximum Gasteiger partial charge on any atom is 0.137 e. The number of aliphatic hydroxyl groups is 1. The van der Waals surface area contributed by atoms with Crippen molar-refractivity contribution in [2.45, 2.75) is 64.5 Å². The summed E-state index contributed by atoms with van der Waals surface area (Å²) in [5.41, 5.74) is 1.21. The summed E-state index contributed by atoms with van der Waals surface area (Å²) >= 11 is 0. The molecule has 0 aromatic heterocycles. The summed E-state index contributed by atoms with van der Waals surface area (Å²) in [6.07, 6.45) is 4.90. The molecule has 2 rings (SSSR count). The summed E-state index contributed by atoms with van der Waals surface area (Å²) in [6.45, 7) is 7.77. The molecule has 0 unspecified atom stereocenters. The van der Waals surface area contributed by atoms with Crippen molar-refractivity contribution in [1.82, 2.24) is 0 Å². The van der Waals surface area contributed by atoms with E-state index < -0.39 is 6.10 Å². The first kappa shape index (κ1) is 17.3. The maximum absolute atomic E-state index is 10.2. The zero-order valence-electron chi connectivity index (χ0n) is 14.3. The number of nitrogens with two attached hydrogens (primary N) is 1. The molecule has 1 saturated carbocycles. The van der Waals surface area contributed by atoms with Gasteiger partial charge in [0.15, 0.2) is 0 Å². The minimum absolute atomic E-state index is 0.376. The largest absolute Gasteiger partial charge is 0.490 e. The molecule has 3 atom stereocenters. The summed E-state index contributed by atoms with van der Waals surface area (Å²) in [6, 6.07) is 8.80. The van der Waals surface area contributed by atoms with Crippen molar-refractivity contribution in [1.29, 1.82) is 0 Å². The Hall–Kier alpha value is -1.06. The first-order chi connectivity index (χ1) is 10.6. The second-order valence-electron chi connectivity index (χ2n) is 7.05. The Morgan fingerprint density at radius 3 is 2.68 bits per heavy atom. The summed E-state index contributed by atoms with van der Waals surface area (Å²) in [4.78, 5) is 0. The van der Waals surface area contributed by atoms with Crippen LogP contribution in [0.4, 0.5) is 0 Å². The fourth-order valence-corrected chi connectivity index (χ4v) is 3.37. The molecule has 0 radical (unpaired) electrons. The van der Waals surface area contributed by atoms with Crippen LogP contribution in [0, 0.1) is 5.92 Å². The molecule has 3 heteroatoms. The van der Waals surface area contributed by atoms with Crippen LogP contribution in [-0.2, 0) is 0 Å². The highest BCUT2D eigenvalue weighted by molar-refractivity contribution is 5.35. The van der Waals surface area contributed by atoms with Gasteiger partial charge in [-0.05, 0) is 36.8 Å². The number of quaternary nitrogens is 1. The SMILES string of the molecule is CC(C)c1ccccc1OC[C@@H](O)C[NH2+][C@H]1CCCC[C@@H]1C. The topological polar surface area (TPSA) is 46.1 Å². The van der Waals surface area contributed by atoms with Gasteiger partial charge in [0, 0.05) is 5.92 Å². The third kappa shape index (κ3) is 4.99. The molecule has 1 aliphatic carbocycles. The zero-order chi connectivity index (χ0) is 15.9. The second-order valence-corrected chi connectivity index (χ2v) is 7.05. The van der Waals surface area contributed by atoms with Crippen LogP contribution in [-0.4, -0.2) is 30.4 Å². The van der Waals surface area contributed by atoms with Gasteiger partial charge in [0.05, 0.1) is 6.04 Å². The molecule has 22 heavy (non-hydrogen) atoms. The van der Waals surface area contributed by atoms with E-state index in [0.717, 1.165) is 18.2 Å². The summed E-state index contributed by atoms with van der Waals surface area (Å²) in [7, 11) is 0. The molecule has 1 aromatic carbocycles. The van der Waals surface area contributed by atoms with Crippen LogP contribution in [0.1, 0.15) is 57.9 Å². The standard InChI is InChI=1S/C19H31NO2/c1-14(2)17-9-5-7-11-19(17)22-13-16(21)12-20-18-10-6-4-8-15(18)3/h5,7,9,11,14-16,18,20-21H,4,6,8,10,12-13H2,1-3H3/p+1/t15-,16-,18-/m0/s1. The average molecular weight is 306 g/mol. The fraction of sp³-hybridized carbons (Fsp3) is 0.684. The lowest BCUT2D eigenvalue weighted by atomic mass is 9.86. The quantitative estimate of drug-likeness (QED) is 0.813. The van der Waals surface area contributed by atoms with Gasteiger partial charge in [0.2, 0.25) is 0 Å². The van der Waals surface area contributed by atoms with E-state index in [0.29, 0.717) is 18.6 Å². The third-order valence-electron chi connectivity index (χ3n) is 4.86. The Balaban J connectivity index is 1.77. The van der Waals surface area contributed by atoms with Crippen molar-refractivity contribution in [3.05, 3.63) is 29.8 Å². The van der Waals surface area contributed by atoms with E-state index in [9.17, 15) is 5.11 Å². The number of hydrogen-bond acceptors (Lipinski definition) is 2. The minimum Gasteiger partial charge on any atom is -0.490 e. The Morgan fingerprint density at radius 2 is 1.95 bits per heavy atom. The van der Waals surface area contributed by atoms with Crippen LogP contribution in [0.15, 0.2) is 24.3 Å². The van der Waals surface area contributed by atoms with Crippen LogP contribution in [0.25, 0.3) is 0 Å². The fourth-order valence-electron chi connectivity index (χ4n) is 3.37. The summed E-state index contributed by atoms with van der Waals surface area (Å²) in [5, 5.41) is 12.5. The van der Waals surface area contributed by atoms with Gasteiger partial charge in [-0.2, -0.15) is 0 Å². The Labute approximate surface area is 135 Å². The molecular weight excluding hydrogens is 274 g/mol. The summed E-state index contributed by atoms with van der Waals surface area (Å²) in [5.74, 6) is 2.11. The van der Waals surface area contributed by atoms with E-state index in [1.54, 1.807) is 0 Å². The van der Waals surface area contributed by atoms with E-state index in [1.807, 2.05) is 18.2 Å². The van der Waals surface area contributed by atoms with Gasteiger partial charge < -0.3 is 15.2 Å². The first-order valence-corrected chi connectivity index (χ1v) is 8.81. The molecule has 3 N–H and O–H groups in total. The highest BCUT2D eigenvalue weighted by atomic mass is 16.5. The van der Waals surface area contributed by atoms with E-state index in [4.69, 9.17) is 4.74 Å². The molecule has 1 fully saturated rings. The van der Waals surface area contributed by atoms with Gasteiger partial charge in [0.1, 0.15) is 25.0 Å². The number of rotatable bonds is 7. The van der Waals surface area contributed by atoms with Gasteiger partial charge in [-0.1, -0.05) is 45.4 Å². The Kier molecular flexibility index (Phi) is 6.71. The van der Waals surface area contributed by atoms with Crippen LogP contribution >= 0.6 is 0 Å². The van der Waals surface area contributed by atoms with Gasteiger partial charge >= 0.3 is 0 Å². The molecular formula is C19H32NO2+. The highest BCUT2D eigenvalue weighted by Crippen LogP contribution is 2.25. The van der Waals surface area contributed by atoms with Crippen molar-refractivity contribution >= 4 is 0 Å². The van der Waals surface area contributed by atoms with Gasteiger partial charge in [-0.3, -0.25) is 0 Å². The molecule has 1 aromatic rings. The highest BCUT2D eigenvalue weighted by Gasteiger charge is 2.24. The number of para-hydroxylation sites is 1. The van der Waals surface area contributed by atoms with Crippen LogP contribution in [0.5, 0.6) is 5.75 Å². The van der Waals surface area contributed by atoms with Crippen LogP contribution in [0.3, 0.4) is 0 Å². The Bertz CT molecular complexity index is 447. The van der Waals surface area contributed by atoms with Gasteiger partial charge in [-0.25, -0.2) is 0 Å². The van der Waals surface area contributed by atoms with Gasteiger partial charge in [-0.15, -0.1) is 0 Å². The second kappa shape index (κ2) is 8.54. The number of ether oxygens (including phenoxy) is 1. The summed E-state index contributed by atoms with van der Waals surface area (Å²) < 4.78 is 5.86. The van der Waals surface area contributed by atoms with E-state index >= 15 is 0 Å². The maximum atomic E-state index is 10.2. The van der Waals surface area contributed by atoms with Crippen molar-refractivity contribution in [2.75, 3.05) is 13.2 Å². The van der Waals surface area contributed by atoms with E-state index in [2.05, 4.69) is 32.2 Å². The molecule has 124 valence electrons.